The summed E-state index contributed by atoms with van der Waals surface area (Å²) in [5.41, 5.74) is 3.80. The van der Waals surface area contributed by atoms with Gasteiger partial charge in [0.15, 0.2) is 0 Å². The van der Waals surface area contributed by atoms with Crippen LogP contribution in [0.4, 0.5) is 0 Å². The summed E-state index contributed by atoms with van der Waals surface area (Å²) in [4.78, 5) is 9.48. The van der Waals surface area contributed by atoms with Crippen molar-refractivity contribution in [2.24, 2.45) is 5.92 Å². The Balaban J connectivity index is 2.10. The van der Waals surface area contributed by atoms with Crippen LogP contribution in [0.15, 0.2) is 0 Å². The van der Waals surface area contributed by atoms with E-state index in [0.717, 1.165) is 36.1 Å². The van der Waals surface area contributed by atoms with Gasteiger partial charge in [0, 0.05) is 29.9 Å². The average Bonchev–Trinajstić information content (AvgIpc) is 3.08. The van der Waals surface area contributed by atoms with Crippen LogP contribution in [0.1, 0.15) is 69.2 Å². The lowest BCUT2D eigenvalue weighted by Gasteiger charge is -2.25. The predicted molar refractivity (Wildman–Crippen MR) is 84.1 cm³/mol. The van der Waals surface area contributed by atoms with Gasteiger partial charge in [0.1, 0.15) is 5.82 Å². The summed E-state index contributed by atoms with van der Waals surface area (Å²) >= 11 is 0. The molecule has 1 aromatic rings. The predicted octanol–water partition coefficient (Wildman–Crippen LogP) is 3.54. The maximum Gasteiger partial charge on any atom is 0.129 e. The van der Waals surface area contributed by atoms with E-state index in [0.29, 0.717) is 5.92 Å². The minimum atomic E-state index is 0.156. The molecule has 1 atom stereocenters. The van der Waals surface area contributed by atoms with Gasteiger partial charge in [0.2, 0.25) is 0 Å². The van der Waals surface area contributed by atoms with Crippen LogP contribution in [0.5, 0.6) is 0 Å². The highest BCUT2D eigenvalue weighted by Crippen LogP contribution is 2.32. The van der Waals surface area contributed by atoms with Crippen LogP contribution in [0.2, 0.25) is 0 Å². The zero-order valence-electron chi connectivity index (χ0n) is 13.9. The van der Waals surface area contributed by atoms with Crippen molar-refractivity contribution < 1.29 is 0 Å². The van der Waals surface area contributed by atoms with Crippen LogP contribution < -0.4 is 5.32 Å². The molecule has 0 amide bonds. The molecule has 0 radical (unpaired) electrons. The first-order chi connectivity index (χ1) is 9.26. The Morgan fingerprint density at radius 3 is 2.15 bits per heavy atom. The molecular weight excluding hydrogens is 246 g/mol. The van der Waals surface area contributed by atoms with E-state index in [1.165, 1.54) is 18.4 Å². The second kappa shape index (κ2) is 5.80. The molecule has 2 rings (SSSR count). The Morgan fingerprint density at radius 1 is 1.15 bits per heavy atom. The summed E-state index contributed by atoms with van der Waals surface area (Å²) in [6.45, 7) is 14.1. The van der Waals surface area contributed by atoms with E-state index in [2.05, 4.69) is 46.9 Å². The molecule has 20 heavy (non-hydrogen) atoms. The van der Waals surface area contributed by atoms with Gasteiger partial charge in [0.25, 0.3) is 0 Å². The molecule has 0 spiro atoms. The van der Waals surface area contributed by atoms with Gasteiger partial charge in [-0.05, 0) is 64.9 Å². The van der Waals surface area contributed by atoms with Crippen LogP contribution in [0, 0.1) is 19.8 Å². The molecule has 3 nitrogen and oxygen atoms in total. The van der Waals surface area contributed by atoms with Crippen molar-refractivity contribution in [2.45, 2.75) is 72.3 Å². The number of hydrogen-bond donors (Lipinski definition) is 1. The van der Waals surface area contributed by atoms with Crippen LogP contribution in [-0.2, 0) is 6.42 Å². The summed E-state index contributed by atoms with van der Waals surface area (Å²) in [6, 6.07) is 0. The summed E-state index contributed by atoms with van der Waals surface area (Å²) in [5.74, 6) is 2.34. The van der Waals surface area contributed by atoms with Gasteiger partial charge < -0.3 is 5.32 Å². The van der Waals surface area contributed by atoms with E-state index in [1.54, 1.807) is 0 Å². The third-order valence-corrected chi connectivity index (χ3v) is 3.97. The second-order valence-electron chi connectivity index (χ2n) is 7.40. The Labute approximate surface area is 123 Å². The molecule has 1 aliphatic carbocycles. The molecule has 0 aromatic carbocycles. The van der Waals surface area contributed by atoms with E-state index in [9.17, 15) is 0 Å². The Bertz CT molecular complexity index is 447. The molecule has 1 N–H and O–H groups in total. The van der Waals surface area contributed by atoms with Crippen LogP contribution >= 0.6 is 0 Å². The fourth-order valence-electron chi connectivity index (χ4n) is 2.74. The van der Waals surface area contributed by atoms with Crippen molar-refractivity contribution in [2.75, 3.05) is 6.54 Å². The lowest BCUT2D eigenvalue weighted by molar-refractivity contribution is 0.411. The average molecular weight is 275 g/mol. The van der Waals surface area contributed by atoms with Gasteiger partial charge in [-0.1, -0.05) is 6.92 Å². The highest BCUT2D eigenvalue weighted by molar-refractivity contribution is 5.28. The van der Waals surface area contributed by atoms with E-state index >= 15 is 0 Å². The fraction of sp³-hybridized carbons (Fsp3) is 0.765. The number of aryl methyl sites for hydroxylation is 2. The standard InChI is InChI=1S/C17H29N3/c1-11(10-18-17(4,5)6)16-12(2)19-15(20-13(16)3)9-14-7-8-14/h11,14,18H,7-10H2,1-6H3. The summed E-state index contributed by atoms with van der Waals surface area (Å²) in [6.07, 6.45) is 3.78. The molecule has 1 unspecified atom stereocenters. The molecule has 112 valence electrons. The van der Waals surface area contributed by atoms with E-state index in [1.807, 2.05) is 0 Å². The maximum atomic E-state index is 4.74. The maximum absolute atomic E-state index is 4.74. The zero-order chi connectivity index (χ0) is 14.9. The van der Waals surface area contributed by atoms with Crippen molar-refractivity contribution in [1.82, 2.24) is 15.3 Å². The number of rotatable bonds is 5. The van der Waals surface area contributed by atoms with Crippen molar-refractivity contribution in [1.29, 1.82) is 0 Å². The van der Waals surface area contributed by atoms with Gasteiger partial charge in [-0.15, -0.1) is 0 Å². The Hall–Kier alpha value is -0.960. The summed E-state index contributed by atoms with van der Waals surface area (Å²) < 4.78 is 0. The first kappa shape index (κ1) is 15.4. The number of aromatic nitrogens is 2. The molecule has 0 bridgehead atoms. The highest BCUT2D eigenvalue weighted by Gasteiger charge is 2.24. The summed E-state index contributed by atoms with van der Waals surface area (Å²) in [5, 5.41) is 3.58. The lowest BCUT2D eigenvalue weighted by atomic mass is 9.96. The van der Waals surface area contributed by atoms with E-state index in [4.69, 9.17) is 9.97 Å². The molecule has 0 aliphatic heterocycles. The van der Waals surface area contributed by atoms with Crippen molar-refractivity contribution in [3.05, 3.63) is 22.8 Å². The minimum absolute atomic E-state index is 0.156. The fourth-order valence-corrected chi connectivity index (χ4v) is 2.74. The first-order valence-electron chi connectivity index (χ1n) is 7.85. The number of nitrogens with zero attached hydrogens (tertiary/aromatic N) is 2. The molecule has 1 saturated carbocycles. The van der Waals surface area contributed by atoms with Crippen molar-refractivity contribution in [3.63, 3.8) is 0 Å². The third-order valence-electron chi connectivity index (χ3n) is 3.97. The SMILES string of the molecule is Cc1nc(CC2CC2)nc(C)c1C(C)CNC(C)(C)C. The smallest absolute Gasteiger partial charge is 0.129 e. The van der Waals surface area contributed by atoms with Crippen molar-refractivity contribution >= 4 is 0 Å². The molecule has 1 aromatic heterocycles. The first-order valence-corrected chi connectivity index (χ1v) is 7.85. The number of hydrogen-bond acceptors (Lipinski definition) is 3. The second-order valence-corrected chi connectivity index (χ2v) is 7.40. The number of nitrogens with one attached hydrogen (secondary N) is 1. The molecule has 1 fully saturated rings. The van der Waals surface area contributed by atoms with E-state index in [-0.39, 0.29) is 5.54 Å². The van der Waals surface area contributed by atoms with Crippen LogP contribution in [0.25, 0.3) is 0 Å². The zero-order valence-corrected chi connectivity index (χ0v) is 13.9. The van der Waals surface area contributed by atoms with Crippen LogP contribution in [0.3, 0.4) is 0 Å². The van der Waals surface area contributed by atoms with Gasteiger partial charge in [0.05, 0.1) is 0 Å². The van der Waals surface area contributed by atoms with E-state index < -0.39 is 0 Å². The highest BCUT2D eigenvalue weighted by atomic mass is 15.0. The summed E-state index contributed by atoms with van der Waals surface area (Å²) in [7, 11) is 0. The van der Waals surface area contributed by atoms with Crippen molar-refractivity contribution in [3.8, 4) is 0 Å². The molecule has 0 saturated heterocycles. The van der Waals surface area contributed by atoms with Gasteiger partial charge in [-0.2, -0.15) is 0 Å². The van der Waals surface area contributed by atoms with Gasteiger partial charge in [-0.25, -0.2) is 9.97 Å². The Morgan fingerprint density at radius 2 is 1.70 bits per heavy atom. The van der Waals surface area contributed by atoms with Crippen LogP contribution in [-0.4, -0.2) is 22.1 Å². The lowest BCUT2D eigenvalue weighted by Crippen LogP contribution is -2.38. The van der Waals surface area contributed by atoms with Gasteiger partial charge >= 0.3 is 0 Å². The quantitative estimate of drug-likeness (QED) is 0.893. The third kappa shape index (κ3) is 4.27. The molecule has 3 heteroatoms. The molecular formula is C17H29N3. The Kier molecular flexibility index (Phi) is 4.48. The molecule has 1 aliphatic rings. The normalized spacial score (nSPS) is 17.3. The topological polar surface area (TPSA) is 37.8 Å². The molecule has 1 heterocycles. The van der Waals surface area contributed by atoms with Gasteiger partial charge in [-0.3, -0.25) is 0 Å². The largest absolute Gasteiger partial charge is 0.311 e. The minimum Gasteiger partial charge on any atom is -0.311 e. The monoisotopic (exact) mass is 275 g/mol.